The monoisotopic (exact) mass is 265 g/mol. The van der Waals surface area contributed by atoms with Crippen molar-refractivity contribution in [2.45, 2.75) is 26.7 Å². The third-order valence-electron chi connectivity index (χ3n) is 2.87. The molecule has 104 valence electrons. The number of amides is 1. The van der Waals surface area contributed by atoms with Gasteiger partial charge in [0.05, 0.1) is 26.3 Å². The van der Waals surface area contributed by atoms with Crippen LogP contribution in [0.3, 0.4) is 0 Å². The number of benzene rings is 1. The molecule has 1 N–H and O–H groups in total. The van der Waals surface area contributed by atoms with E-state index >= 15 is 0 Å². The Balaban J connectivity index is 2.73. The lowest BCUT2D eigenvalue weighted by Gasteiger charge is -2.12. The van der Waals surface area contributed by atoms with Crippen LogP contribution in [0.5, 0.6) is 5.75 Å². The van der Waals surface area contributed by atoms with Gasteiger partial charge in [0.15, 0.2) is 0 Å². The normalized spacial score (nSPS) is 9.89. The van der Waals surface area contributed by atoms with E-state index in [2.05, 4.69) is 10.1 Å². The Morgan fingerprint density at radius 3 is 2.32 bits per heavy atom. The third-order valence-corrected chi connectivity index (χ3v) is 2.87. The summed E-state index contributed by atoms with van der Waals surface area (Å²) in [6, 6.07) is 3.72. The van der Waals surface area contributed by atoms with Crippen molar-refractivity contribution < 1.29 is 19.1 Å². The maximum Gasteiger partial charge on any atom is 0.306 e. The van der Waals surface area contributed by atoms with Gasteiger partial charge in [0, 0.05) is 6.42 Å². The molecule has 5 heteroatoms. The van der Waals surface area contributed by atoms with Crippen molar-refractivity contribution in [3.63, 3.8) is 0 Å². The van der Waals surface area contributed by atoms with E-state index in [1.165, 1.54) is 7.11 Å². The zero-order valence-electron chi connectivity index (χ0n) is 11.7. The van der Waals surface area contributed by atoms with Crippen LogP contribution < -0.4 is 10.1 Å². The highest BCUT2D eigenvalue weighted by molar-refractivity contribution is 5.94. The van der Waals surface area contributed by atoms with Crippen molar-refractivity contribution in [2.24, 2.45) is 0 Å². The Morgan fingerprint density at radius 1 is 1.11 bits per heavy atom. The average molecular weight is 265 g/mol. The minimum Gasteiger partial charge on any atom is -0.495 e. The Morgan fingerprint density at radius 2 is 1.74 bits per heavy atom. The summed E-state index contributed by atoms with van der Waals surface area (Å²) >= 11 is 0. The zero-order chi connectivity index (χ0) is 14.4. The summed E-state index contributed by atoms with van der Waals surface area (Å²) in [5, 5.41) is 2.74. The number of hydrogen-bond donors (Lipinski definition) is 1. The molecule has 0 aromatic heterocycles. The fraction of sp³-hybridized carbons (Fsp3) is 0.429. The fourth-order valence-corrected chi connectivity index (χ4v) is 1.59. The fourth-order valence-electron chi connectivity index (χ4n) is 1.59. The molecule has 0 unspecified atom stereocenters. The lowest BCUT2D eigenvalue weighted by molar-refractivity contribution is -0.141. The maximum absolute atomic E-state index is 11.7. The van der Waals surface area contributed by atoms with E-state index in [1.807, 2.05) is 26.0 Å². The van der Waals surface area contributed by atoms with E-state index in [4.69, 9.17) is 4.74 Å². The van der Waals surface area contributed by atoms with Gasteiger partial charge in [0.25, 0.3) is 0 Å². The van der Waals surface area contributed by atoms with Gasteiger partial charge in [-0.15, -0.1) is 0 Å². The van der Waals surface area contributed by atoms with E-state index in [9.17, 15) is 9.59 Å². The van der Waals surface area contributed by atoms with Crippen LogP contribution in [-0.2, 0) is 14.3 Å². The summed E-state index contributed by atoms with van der Waals surface area (Å²) in [4.78, 5) is 22.7. The van der Waals surface area contributed by atoms with Gasteiger partial charge in [-0.25, -0.2) is 0 Å². The van der Waals surface area contributed by atoms with Crippen LogP contribution in [0.2, 0.25) is 0 Å². The molecule has 1 aromatic carbocycles. The summed E-state index contributed by atoms with van der Waals surface area (Å²) in [6.45, 7) is 3.93. The van der Waals surface area contributed by atoms with Crippen LogP contribution in [0.25, 0.3) is 0 Å². The number of methoxy groups -OCH3 is 2. The van der Waals surface area contributed by atoms with Gasteiger partial charge in [-0.2, -0.15) is 0 Å². The Labute approximate surface area is 112 Å². The van der Waals surface area contributed by atoms with Crippen LogP contribution >= 0.6 is 0 Å². The first-order valence-corrected chi connectivity index (χ1v) is 5.99. The molecule has 1 amide bonds. The number of anilines is 1. The van der Waals surface area contributed by atoms with Gasteiger partial charge in [0.1, 0.15) is 5.75 Å². The van der Waals surface area contributed by atoms with E-state index in [0.717, 1.165) is 11.1 Å². The molecule has 19 heavy (non-hydrogen) atoms. The largest absolute Gasteiger partial charge is 0.495 e. The number of esters is 1. The number of carbonyl (C=O) groups is 2. The van der Waals surface area contributed by atoms with Gasteiger partial charge in [-0.05, 0) is 37.1 Å². The van der Waals surface area contributed by atoms with Gasteiger partial charge < -0.3 is 14.8 Å². The quantitative estimate of drug-likeness (QED) is 0.829. The number of nitrogens with one attached hydrogen (secondary N) is 1. The molecule has 0 aliphatic rings. The minimum absolute atomic E-state index is 0.0650. The molecule has 1 aromatic rings. The maximum atomic E-state index is 11.7. The second-order valence-corrected chi connectivity index (χ2v) is 4.26. The molecule has 0 fully saturated rings. The molecule has 0 spiro atoms. The topological polar surface area (TPSA) is 64.6 Å². The average Bonchev–Trinajstić information content (AvgIpc) is 2.39. The first-order valence-electron chi connectivity index (χ1n) is 5.99. The number of rotatable bonds is 5. The summed E-state index contributed by atoms with van der Waals surface area (Å²) in [6.07, 6.45) is 0.151. The number of ether oxygens (including phenoxy) is 2. The highest BCUT2D eigenvalue weighted by Gasteiger charge is 2.11. The van der Waals surface area contributed by atoms with E-state index in [-0.39, 0.29) is 18.7 Å². The lowest BCUT2D eigenvalue weighted by atomic mass is 10.1. The van der Waals surface area contributed by atoms with Crippen LogP contribution in [0.4, 0.5) is 5.69 Å². The molecular weight excluding hydrogens is 246 g/mol. The Kier molecular flexibility index (Phi) is 5.36. The number of carbonyl (C=O) groups excluding carboxylic acids is 2. The van der Waals surface area contributed by atoms with Crippen molar-refractivity contribution in [1.82, 2.24) is 0 Å². The zero-order valence-corrected chi connectivity index (χ0v) is 11.7. The van der Waals surface area contributed by atoms with Crippen molar-refractivity contribution in [2.75, 3.05) is 19.5 Å². The molecule has 0 radical (unpaired) electrons. The molecule has 0 aliphatic heterocycles. The molecule has 5 nitrogen and oxygen atoms in total. The summed E-state index contributed by atoms with van der Waals surface area (Å²) in [5.41, 5.74) is 2.76. The van der Waals surface area contributed by atoms with Gasteiger partial charge in [0.2, 0.25) is 5.91 Å². The number of hydrogen-bond acceptors (Lipinski definition) is 4. The number of aryl methyl sites for hydroxylation is 2. The standard InChI is InChI=1S/C14H19NO4/c1-9-7-11(12(18-3)8-10(9)2)15-13(16)5-6-14(17)19-4/h7-8H,5-6H2,1-4H3,(H,15,16). The second kappa shape index (κ2) is 6.78. The minimum atomic E-state index is -0.401. The van der Waals surface area contributed by atoms with Crippen molar-refractivity contribution in [1.29, 1.82) is 0 Å². The first-order chi connectivity index (χ1) is 8.97. The lowest BCUT2D eigenvalue weighted by Crippen LogP contribution is -2.14. The van der Waals surface area contributed by atoms with Crippen LogP contribution in [0.1, 0.15) is 24.0 Å². The van der Waals surface area contributed by atoms with Crippen LogP contribution in [-0.4, -0.2) is 26.1 Å². The van der Waals surface area contributed by atoms with Gasteiger partial charge >= 0.3 is 5.97 Å². The third kappa shape index (κ3) is 4.28. The SMILES string of the molecule is COC(=O)CCC(=O)Nc1cc(C)c(C)cc1OC. The molecule has 0 saturated carbocycles. The van der Waals surface area contributed by atoms with Crippen molar-refractivity contribution in [3.8, 4) is 5.75 Å². The molecule has 1 rings (SSSR count). The smallest absolute Gasteiger partial charge is 0.306 e. The van der Waals surface area contributed by atoms with E-state index in [1.54, 1.807) is 7.11 Å². The predicted molar refractivity (Wildman–Crippen MR) is 72.3 cm³/mol. The molecule has 0 heterocycles. The molecule has 0 aliphatic carbocycles. The van der Waals surface area contributed by atoms with Crippen molar-refractivity contribution in [3.05, 3.63) is 23.3 Å². The van der Waals surface area contributed by atoms with Gasteiger partial charge in [-0.3, -0.25) is 9.59 Å². The molecule has 0 bridgehead atoms. The van der Waals surface area contributed by atoms with Crippen LogP contribution in [0, 0.1) is 13.8 Å². The van der Waals surface area contributed by atoms with E-state index in [0.29, 0.717) is 11.4 Å². The first kappa shape index (κ1) is 15.0. The molecule has 0 saturated heterocycles. The summed E-state index contributed by atoms with van der Waals surface area (Å²) in [5.74, 6) is -0.0383. The van der Waals surface area contributed by atoms with Crippen LogP contribution in [0.15, 0.2) is 12.1 Å². The Hall–Kier alpha value is -2.04. The highest BCUT2D eigenvalue weighted by atomic mass is 16.5. The van der Waals surface area contributed by atoms with Gasteiger partial charge in [-0.1, -0.05) is 0 Å². The Bertz CT molecular complexity index is 483. The molecule has 0 atom stereocenters. The predicted octanol–water partition coefficient (Wildman–Crippen LogP) is 2.20. The summed E-state index contributed by atoms with van der Waals surface area (Å²) in [7, 11) is 2.85. The second-order valence-electron chi connectivity index (χ2n) is 4.26. The highest BCUT2D eigenvalue weighted by Crippen LogP contribution is 2.28. The van der Waals surface area contributed by atoms with Crippen molar-refractivity contribution >= 4 is 17.6 Å². The summed E-state index contributed by atoms with van der Waals surface area (Å²) < 4.78 is 9.71. The van der Waals surface area contributed by atoms with E-state index < -0.39 is 5.97 Å². The molecular formula is C14H19NO4.